The Morgan fingerprint density at radius 2 is 2.12 bits per heavy atom. The summed E-state index contributed by atoms with van der Waals surface area (Å²) in [5.41, 5.74) is 0.376. The Hall–Kier alpha value is -2.20. The fourth-order valence-electron chi connectivity index (χ4n) is 2.96. The van der Waals surface area contributed by atoms with Gasteiger partial charge in [0.1, 0.15) is 5.75 Å². The first kappa shape index (κ1) is 17.6. The maximum absolute atomic E-state index is 12.7. The summed E-state index contributed by atoms with van der Waals surface area (Å²) in [7, 11) is -1.69. The van der Waals surface area contributed by atoms with Crippen LogP contribution in [-0.2, 0) is 9.84 Å². The van der Waals surface area contributed by atoms with Gasteiger partial charge in [-0.2, -0.15) is 0 Å². The van der Waals surface area contributed by atoms with Crippen LogP contribution in [0.4, 0.5) is 10.5 Å². The molecule has 2 amide bonds. The summed E-state index contributed by atoms with van der Waals surface area (Å²) >= 11 is 0. The second kappa shape index (κ2) is 6.96. The number of hydrogen-bond donors (Lipinski definition) is 2. The van der Waals surface area contributed by atoms with Gasteiger partial charge in [0.2, 0.25) is 6.79 Å². The first-order valence-corrected chi connectivity index (χ1v) is 9.62. The lowest BCUT2D eigenvalue weighted by molar-refractivity contribution is 0.168. The molecule has 138 valence electrons. The number of amides is 2. The molecule has 2 heterocycles. The lowest BCUT2D eigenvalue weighted by atomic mass is 10.2. The van der Waals surface area contributed by atoms with E-state index in [1.54, 1.807) is 12.1 Å². The van der Waals surface area contributed by atoms with Crippen LogP contribution in [0.1, 0.15) is 6.42 Å². The molecule has 0 saturated carbocycles. The zero-order valence-corrected chi connectivity index (χ0v) is 14.5. The van der Waals surface area contributed by atoms with Crippen molar-refractivity contribution in [3.63, 3.8) is 0 Å². The average Bonchev–Trinajstić information content (AvgIpc) is 3.16. The highest BCUT2D eigenvalue weighted by Crippen LogP contribution is 2.40. The summed E-state index contributed by atoms with van der Waals surface area (Å²) in [5.74, 6) is 1.33. The second-order valence-corrected chi connectivity index (χ2v) is 8.04. The van der Waals surface area contributed by atoms with Crippen LogP contribution in [0.2, 0.25) is 0 Å². The molecule has 2 N–H and O–H groups in total. The van der Waals surface area contributed by atoms with Crippen molar-refractivity contribution in [1.82, 2.24) is 4.90 Å². The number of carbonyl (C=O) groups is 1. The number of aliphatic hydroxyl groups is 1. The fourth-order valence-corrected chi connectivity index (χ4v) is 4.69. The number of methoxy groups -OCH3 is 1. The quantitative estimate of drug-likeness (QED) is 0.771. The van der Waals surface area contributed by atoms with Crippen LogP contribution >= 0.6 is 0 Å². The number of ether oxygens (including phenoxy) is 3. The number of carbonyl (C=O) groups excluding carboxylic acids is 1. The van der Waals surface area contributed by atoms with Crippen LogP contribution in [0.25, 0.3) is 0 Å². The first-order chi connectivity index (χ1) is 11.9. The number of hydrogen-bond acceptors (Lipinski definition) is 7. The average molecular weight is 372 g/mol. The SMILES string of the molecule is COc1cc2c(cc1NC(=O)N(CCO)[C@@H]1CCS(=O)(=O)C1)OCO2. The molecule has 0 spiro atoms. The van der Waals surface area contributed by atoms with Crippen LogP contribution in [0.3, 0.4) is 0 Å². The standard InChI is InChI=1S/C15H20N2O7S/c1-22-12-7-14-13(23-9-24-14)6-11(12)16-15(19)17(3-4-18)10-2-5-25(20,21)8-10/h6-7,10,18H,2-5,8-9H2,1H3,(H,16,19)/t10-/m1/s1. The van der Waals surface area contributed by atoms with Crippen molar-refractivity contribution < 1.29 is 32.5 Å². The van der Waals surface area contributed by atoms with Gasteiger partial charge in [0.25, 0.3) is 0 Å². The topological polar surface area (TPSA) is 114 Å². The van der Waals surface area contributed by atoms with Gasteiger partial charge in [0, 0.05) is 24.7 Å². The molecule has 1 aromatic carbocycles. The van der Waals surface area contributed by atoms with Crippen LogP contribution in [0.15, 0.2) is 12.1 Å². The van der Waals surface area contributed by atoms with Gasteiger partial charge >= 0.3 is 6.03 Å². The summed E-state index contributed by atoms with van der Waals surface area (Å²) in [6, 6.07) is 2.22. The minimum Gasteiger partial charge on any atom is -0.494 e. The highest BCUT2D eigenvalue weighted by Gasteiger charge is 2.34. The molecule has 0 aliphatic carbocycles. The van der Waals surface area contributed by atoms with Crippen LogP contribution in [-0.4, -0.2) is 69.1 Å². The van der Waals surface area contributed by atoms with Crippen LogP contribution in [0, 0.1) is 0 Å². The van der Waals surface area contributed by atoms with Crippen LogP contribution < -0.4 is 19.5 Å². The van der Waals surface area contributed by atoms with Crippen molar-refractivity contribution in [2.24, 2.45) is 0 Å². The van der Waals surface area contributed by atoms with E-state index in [9.17, 15) is 18.3 Å². The van der Waals surface area contributed by atoms with Gasteiger partial charge in [-0.05, 0) is 6.42 Å². The number of anilines is 1. The molecular weight excluding hydrogens is 352 g/mol. The Balaban J connectivity index is 1.80. The molecule has 2 aliphatic rings. The molecule has 0 bridgehead atoms. The maximum atomic E-state index is 12.7. The monoisotopic (exact) mass is 372 g/mol. The van der Waals surface area contributed by atoms with Crippen LogP contribution in [0.5, 0.6) is 17.2 Å². The number of urea groups is 1. The third-order valence-electron chi connectivity index (χ3n) is 4.19. The molecule has 9 nitrogen and oxygen atoms in total. The van der Waals surface area contributed by atoms with Crippen molar-refractivity contribution in [3.05, 3.63) is 12.1 Å². The van der Waals surface area contributed by atoms with E-state index in [1.807, 2.05) is 0 Å². The number of rotatable bonds is 5. The second-order valence-electron chi connectivity index (χ2n) is 5.81. The highest BCUT2D eigenvalue weighted by atomic mass is 32.2. The zero-order chi connectivity index (χ0) is 18.0. The predicted octanol–water partition coefficient (Wildman–Crippen LogP) is 0.437. The minimum atomic E-state index is -3.15. The summed E-state index contributed by atoms with van der Waals surface area (Å²) in [6.07, 6.45) is 0.355. The molecule has 0 aromatic heterocycles. The predicted molar refractivity (Wildman–Crippen MR) is 89.0 cm³/mol. The summed E-state index contributed by atoms with van der Waals surface area (Å²) in [4.78, 5) is 14.0. The summed E-state index contributed by atoms with van der Waals surface area (Å²) in [5, 5.41) is 11.9. The molecule has 2 aliphatic heterocycles. The van der Waals surface area contributed by atoms with Gasteiger partial charge in [-0.1, -0.05) is 0 Å². The van der Waals surface area contributed by atoms with Crippen molar-refractivity contribution >= 4 is 21.6 Å². The zero-order valence-electron chi connectivity index (χ0n) is 13.7. The smallest absolute Gasteiger partial charge is 0.322 e. The molecule has 0 unspecified atom stereocenters. The van der Waals surface area contributed by atoms with E-state index in [0.29, 0.717) is 29.4 Å². The Morgan fingerprint density at radius 3 is 2.72 bits per heavy atom. The molecule has 1 saturated heterocycles. The third-order valence-corrected chi connectivity index (χ3v) is 5.94. The van der Waals surface area contributed by atoms with Gasteiger partial charge in [0.05, 0.1) is 30.9 Å². The number of benzene rings is 1. The van der Waals surface area contributed by atoms with E-state index < -0.39 is 21.9 Å². The molecule has 1 fully saturated rings. The van der Waals surface area contributed by atoms with Crippen molar-refractivity contribution in [1.29, 1.82) is 0 Å². The molecule has 1 aromatic rings. The molecule has 0 radical (unpaired) electrons. The van der Waals surface area contributed by atoms with E-state index in [2.05, 4.69) is 5.32 Å². The summed E-state index contributed by atoms with van der Waals surface area (Å²) < 4.78 is 39.2. The van der Waals surface area contributed by atoms with Gasteiger partial charge in [0.15, 0.2) is 21.3 Å². The van der Waals surface area contributed by atoms with Crippen molar-refractivity contribution in [2.75, 3.05) is 43.9 Å². The van der Waals surface area contributed by atoms with Gasteiger partial charge < -0.3 is 29.5 Å². The number of nitrogens with one attached hydrogen (secondary N) is 1. The van der Waals surface area contributed by atoms with E-state index >= 15 is 0 Å². The van der Waals surface area contributed by atoms with E-state index in [4.69, 9.17) is 14.2 Å². The first-order valence-electron chi connectivity index (χ1n) is 7.80. The number of fused-ring (bicyclic) bond motifs is 1. The normalized spacial score (nSPS) is 20.3. The minimum absolute atomic E-state index is 0.0406. The van der Waals surface area contributed by atoms with Gasteiger partial charge in [-0.25, -0.2) is 13.2 Å². The lowest BCUT2D eigenvalue weighted by Gasteiger charge is -2.28. The van der Waals surface area contributed by atoms with E-state index in [0.717, 1.165) is 0 Å². The number of aliphatic hydroxyl groups excluding tert-OH is 1. The molecule has 3 rings (SSSR count). The van der Waals surface area contributed by atoms with Gasteiger partial charge in [-0.3, -0.25) is 0 Å². The van der Waals surface area contributed by atoms with Gasteiger partial charge in [-0.15, -0.1) is 0 Å². The fraction of sp³-hybridized carbons (Fsp3) is 0.533. The van der Waals surface area contributed by atoms with E-state index in [1.165, 1.54) is 12.0 Å². The molecule has 1 atom stereocenters. The third kappa shape index (κ3) is 3.74. The molecule has 10 heteroatoms. The largest absolute Gasteiger partial charge is 0.494 e. The molecular formula is C15H20N2O7S. The summed E-state index contributed by atoms with van der Waals surface area (Å²) in [6.45, 7) is -0.131. The van der Waals surface area contributed by atoms with Crippen molar-refractivity contribution in [3.8, 4) is 17.2 Å². The Bertz CT molecular complexity index is 765. The number of nitrogens with zero attached hydrogens (tertiary/aromatic N) is 1. The maximum Gasteiger partial charge on any atom is 0.322 e. The molecule has 25 heavy (non-hydrogen) atoms. The Labute approximate surface area is 145 Å². The Kier molecular flexibility index (Phi) is 4.91. The lowest BCUT2D eigenvalue weighted by Crippen LogP contribution is -2.45. The van der Waals surface area contributed by atoms with E-state index in [-0.39, 0.29) is 31.5 Å². The Morgan fingerprint density at radius 1 is 1.40 bits per heavy atom. The van der Waals surface area contributed by atoms with Crippen molar-refractivity contribution in [2.45, 2.75) is 12.5 Å². The highest BCUT2D eigenvalue weighted by molar-refractivity contribution is 7.91. The number of sulfone groups is 1.